The van der Waals surface area contributed by atoms with Crippen LogP contribution in [0.4, 0.5) is 0 Å². The van der Waals surface area contributed by atoms with Gasteiger partial charge in [-0.25, -0.2) is 0 Å². The Bertz CT molecular complexity index is 128. The van der Waals surface area contributed by atoms with Crippen LogP contribution in [0, 0.1) is 5.92 Å². The quantitative estimate of drug-likeness (QED) is 0.734. The fourth-order valence-electron chi connectivity index (χ4n) is 2.32. The SMILES string of the molecule is CC(CCCN)CN1CCCCCC1. The molecule has 0 aromatic rings. The van der Waals surface area contributed by atoms with Crippen LogP contribution in [0.3, 0.4) is 0 Å². The summed E-state index contributed by atoms with van der Waals surface area (Å²) in [5, 5.41) is 0. The fourth-order valence-corrected chi connectivity index (χ4v) is 2.32. The minimum absolute atomic E-state index is 0.830. The van der Waals surface area contributed by atoms with Gasteiger partial charge in [-0.1, -0.05) is 19.8 Å². The molecule has 0 aliphatic carbocycles. The lowest BCUT2D eigenvalue weighted by Crippen LogP contribution is -2.29. The van der Waals surface area contributed by atoms with Crippen molar-refractivity contribution in [1.29, 1.82) is 0 Å². The Kier molecular flexibility index (Phi) is 6.20. The van der Waals surface area contributed by atoms with E-state index in [1.54, 1.807) is 0 Å². The molecular weight excluding hydrogens is 172 g/mol. The van der Waals surface area contributed by atoms with E-state index in [2.05, 4.69) is 11.8 Å². The van der Waals surface area contributed by atoms with Crippen LogP contribution >= 0.6 is 0 Å². The molecule has 0 spiro atoms. The van der Waals surface area contributed by atoms with Gasteiger partial charge < -0.3 is 10.6 Å². The van der Waals surface area contributed by atoms with E-state index in [4.69, 9.17) is 5.73 Å². The molecule has 1 saturated heterocycles. The summed E-state index contributed by atoms with van der Waals surface area (Å²) in [4.78, 5) is 2.65. The summed E-state index contributed by atoms with van der Waals surface area (Å²) in [5.74, 6) is 0.830. The Morgan fingerprint density at radius 2 is 1.79 bits per heavy atom. The lowest BCUT2D eigenvalue weighted by atomic mass is 10.1. The zero-order valence-corrected chi connectivity index (χ0v) is 9.67. The van der Waals surface area contributed by atoms with E-state index in [-0.39, 0.29) is 0 Å². The summed E-state index contributed by atoms with van der Waals surface area (Å²) >= 11 is 0. The molecule has 1 aliphatic heterocycles. The molecule has 1 aliphatic rings. The third-order valence-electron chi connectivity index (χ3n) is 3.17. The minimum atomic E-state index is 0.830. The van der Waals surface area contributed by atoms with Crippen molar-refractivity contribution in [1.82, 2.24) is 4.90 Å². The molecule has 1 heterocycles. The summed E-state index contributed by atoms with van der Waals surface area (Å²) in [5.41, 5.74) is 5.52. The van der Waals surface area contributed by atoms with Crippen molar-refractivity contribution in [3.8, 4) is 0 Å². The normalized spacial score (nSPS) is 21.9. The molecule has 1 rings (SSSR count). The molecule has 14 heavy (non-hydrogen) atoms. The van der Waals surface area contributed by atoms with Crippen molar-refractivity contribution >= 4 is 0 Å². The predicted molar refractivity (Wildman–Crippen MR) is 62.4 cm³/mol. The van der Waals surface area contributed by atoms with Crippen LogP contribution < -0.4 is 5.73 Å². The second-order valence-corrected chi connectivity index (χ2v) is 4.75. The van der Waals surface area contributed by atoms with E-state index in [1.807, 2.05) is 0 Å². The molecule has 0 saturated carbocycles. The second kappa shape index (κ2) is 7.24. The molecule has 2 heteroatoms. The van der Waals surface area contributed by atoms with Crippen LogP contribution in [0.25, 0.3) is 0 Å². The van der Waals surface area contributed by atoms with Crippen LogP contribution in [-0.4, -0.2) is 31.1 Å². The van der Waals surface area contributed by atoms with Crippen molar-refractivity contribution in [3.05, 3.63) is 0 Å². The molecule has 84 valence electrons. The van der Waals surface area contributed by atoms with Crippen molar-refractivity contribution in [2.75, 3.05) is 26.2 Å². The highest BCUT2D eigenvalue weighted by atomic mass is 15.1. The molecule has 1 fully saturated rings. The van der Waals surface area contributed by atoms with Gasteiger partial charge in [0, 0.05) is 6.54 Å². The average molecular weight is 198 g/mol. The average Bonchev–Trinajstić information content (AvgIpc) is 2.43. The van der Waals surface area contributed by atoms with Gasteiger partial charge in [0.05, 0.1) is 0 Å². The fraction of sp³-hybridized carbons (Fsp3) is 1.00. The molecule has 0 aromatic heterocycles. The number of nitrogens with zero attached hydrogens (tertiary/aromatic N) is 1. The predicted octanol–water partition coefficient (Wildman–Crippen LogP) is 2.24. The maximum absolute atomic E-state index is 5.52. The number of nitrogens with two attached hydrogens (primary N) is 1. The highest BCUT2D eigenvalue weighted by Gasteiger charge is 2.11. The molecule has 0 radical (unpaired) electrons. The highest BCUT2D eigenvalue weighted by Crippen LogP contribution is 2.13. The first-order valence-corrected chi connectivity index (χ1v) is 6.25. The lowest BCUT2D eigenvalue weighted by Gasteiger charge is -2.23. The van der Waals surface area contributed by atoms with Crippen molar-refractivity contribution < 1.29 is 0 Å². The Morgan fingerprint density at radius 3 is 2.36 bits per heavy atom. The van der Waals surface area contributed by atoms with E-state index in [0.29, 0.717) is 0 Å². The third-order valence-corrected chi connectivity index (χ3v) is 3.17. The smallest absolute Gasteiger partial charge is 0.000703 e. The second-order valence-electron chi connectivity index (χ2n) is 4.75. The molecule has 1 unspecified atom stereocenters. The molecule has 1 atom stereocenters. The summed E-state index contributed by atoms with van der Waals surface area (Å²) in [6.45, 7) is 7.16. The zero-order chi connectivity index (χ0) is 10.2. The van der Waals surface area contributed by atoms with Crippen LogP contribution in [0.15, 0.2) is 0 Å². The monoisotopic (exact) mass is 198 g/mol. The van der Waals surface area contributed by atoms with Crippen LogP contribution in [0.5, 0.6) is 0 Å². The van der Waals surface area contributed by atoms with Crippen molar-refractivity contribution in [2.24, 2.45) is 11.7 Å². The molecule has 0 bridgehead atoms. The molecule has 0 aromatic carbocycles. The topological polar surface area (TPSA) is 29.3 Å². The minimum Gasteiger partial charge on any atom is -0.330 e. The Hall–Kier alpha value is -0.0800. The number of hydrogen-bond acceptors (Lipinski definition) is 2. The van der Waals surface area contributed by atoms with Gasteiger partial charge in [0.2, 0.25) is 0 Å². The van der Waals surface area contributed by atoms with Gasteiger partial charge in [0.25, 0.3) is 0 Å². The molecule has 2 N–H and O–H groups in total. The van der Waals surface area contributed by atoms with E-state index in [0.717, 1.165) is 12.5 Å². The van der Waals surface area contributed by atoms with Crippen LogP contribution in [0.2, 0.25) is 0 Å². The van der Waals surface area contributed by atoms with E-state index >= 15 is 0 Å². The maximum atomic E-state index is 5.52. The van der Waals surface area contributed by atoms with Gasteiger partial charge in [-0.15, -0.1) is 0 Å². The first-order valence-electron chi connectivity index (χ1n) is 6.25. The summed E-state index contributed by atoms with van der Waals surface area (Å²) in [7, 11) is 0. The van der Waals surface area contributed by atoms with Gasteiger partial charge in [0.15, 0.2) is 0 Å². The van der Waals surface area contributed by atoms with Gasteiger partial charge in [-0.3, -0.25) is 0 Å². The molecular formula is C12H26N2. The molecule has 0 amide bonds. The Balaban J connectivity index is 2.13. The van der Waals surface area contributed by atoms with E-state index in [1.165, 1.54) is 58.2 Å². The largest absolute Gasteiger partial charge is 0.330 e. The summed E-state index contributed by atoms with van der Waals surface area (Å²) in [6.07, 6.45) is 8.18. The van der Waals surface area contributed by atoms with Crippen molar-refractivity contribution in [3.63, 3.8) is 0 Å². The number of rotatable bonds is 5. The first kappa shape index (κ1) is 12.0. The first-order chi connectivity index (χ1) is 6.83. The highest BCUT2D eigenvalue weighted by molar-refractivity contribution is 4.66. The van der Waals surface area contributed by atoms with E-state index < -0.39 is 0 Å². The Labute approximate surface area is 88.8 Å². The standard InChI is InChI=1S/C12H26N2/c1-12(7-6-8-13)11-14-9-4-2-3-5-10-14/h12H,2-11,13H2,1H3. The summed E-state index contributed by atoms with van der Waals surface area (Å²) < 4.78 is 0. The zero-order valence-electron chi connectivity index (χ0n) is 9.67. The molecule has 2 nitrogen and oxygen atoms in total. The number of hydrogen-bond donors (Lipinski definition) is 1. The number of likely N-dealkylation sites (tertiary alicyclic amines) is 1. The van der Waals surface area contributed by atoms with Crippen LogP contribution in [-0.2, 0) is 0 Å². The van der Waals surface area contributed by atoms with Gasteiger partial charge in [0.1, 0.15) is 0 Å². The van der Waals surface area contributed by atoms with Gasteiger partial charge in [-0.2, -0.15) is 0 Å². The summed E-state index contributed by atoms with van der Waals surface area (Å²) in [6, 6.07) is 0. The lowest BCUT2D eigenvalue weighted by molar-refractivity contribution is 0.239. The van der Waals surface area contributed by atoms with Crippen LogP contribution in [0.1, 0.15) is 45.4 Å². The Morgan fingerprint density at radius 1 is 1.14 bits per heavy atom. The third kappa shape index (κ3) is 4.97. The van der Waals surface area contributed by atoms with Gasteiger partial charge in [-0.05, 0) is 51.2 Å². The van der Waals surface area contributed by atoms with E-state index in [9.17, 15) is 0 Å². The maximum Gasteiger partial charge on any atom is 0.000703 e. The van der Waals surface area contributed by atoms with Gasteiger partial charge >= 0.3 is 0 Å². The van der Waals surface area contributed by atoms with Crippen molar-refractivity contribution in [2.45, 2.75) is 45.4 Å².